The fourth-order valence-corrected chi connectivity index (χ4v) is 2.90. The van der Waals surface area contributed by atoms with Crippen LogP contribution >= 0.6 is 0 Å². The van der Waals surface area contributed by atoms with Gasteiger partial charge in [0.05, 0.1) is 9.82 Å². The van der Waals surface area contributed by atoms with E-state index in [1.54, 1.807) is 0 Å². The van der Waals surface area contributed by atoms with E-state index in [2.05, 4.69) is 4.72 Å². The molecule has 0 radical (unpaired) electrons. The number of aromatic hydroxyl groups is 1. The Hall–Kier alpha value is -2.94. The first kappa shape index (κ1) is 16.4. The summed E-state index contributed by atoms with van der Waals surface area (Å²) in [5, 5.41) is 20.1. The molecule has 2 aromatic carbocycles. The van der Waals surface area contributed by atoms with Crippen LogP contribution in [0.4, 0.5) is 11.4 Å². The molecule has 0 atom stereocenters. The highest BCUT2D eigenvalue weighted by atomic mass is 32.2. The van der Waals surface area contributed by atoms with Crippen molar-refractivity contribution in [3.8, 4) is 5.75 Å². The molecule has 8 nitrogen and oxygen atoms in total. The quantitative estimate of drug-likeness (QED) is 0.490. The summed E-state index contributed by atoms with van der Waals surface area (Å²) in [5.41, 5.74) is -0.249. The van der Waals surface area contributed by atoms with E-state index in [0.29, 0.717) is 5.56 Å². The number of hydrogen-bond donors (Lipinski definition) is 2. The van der Waals surface area contributed by atoms with Crippen LogP contribution in [-0.2, 0) is 10.0 Å². The van der Waals surface area contributed by atoms with Crippen molar-refractivity contribution >= 4 is 27.2 Å². The number of phenols is 1. The van der Waals surface area contributed by atoms with Crippen molar-refractivity contribution in [2.24, 2.45) is 0 Å². The predicted octanol–water partition coefficient (Wildman–Crippen LogP) is 2.30. The lowest BCUT2D eigenvalue weighted by molar-refractivity contribution is -0.386. The van der Waals surface area contributed by atoms with Crippen LogP contribution in [0, 0.1) is 10.1 Å². The van der Waals surface area contributed by atoms with Gasteiger partial charge in [0.2, 0.25) is 0 Å². The number of nitro groups is 1. The van der Waals surface area contributed by atoms with Gasteiger partial charge in [-0.25, -0.2) is 8.42 Å². The van der Waals surface area contributed by atoms with Crippen molar-refractivity contribution in [1.29, 1.82) is 0 Å². The summed E-state index contributed by atoms with van der Waals surface area (Å²) in [7, 11) is -4.11. The van der Waals surface area contributed by atoms with Gasteiger partial charge in [0.15, 0.2) is 11.5 Å². The Morgan fingerprint density at radius 2 is 1.91 bits per heavy atom. The molecule has 0 aliphatic rings. The number of nitro benzene ring substituents is 1. The first-order valence-corrected chi connectivity index (χ1v) is 7.80. The van der Waals surface area contributed by atoms with Crippen LogP contribution in [-0.4, -0.2) is 24.2 Å². The number of nitrogens with zero attached hydrogens (tertiary/aromatic N) is 1. The number of Topliss-reactive ketones (excluding diaryl/α,β-unsaturated/α-hetero) is 1. The van der Waals surface area contributed by atoms with Crippen molar-refractivity contribution in [2.75, 3.05) is 4.72 Å². The highest BCUT2D eigenvalue weighted by Crippen LogP contribution is 2.29. The number of phenolic OH excluding ortho intramolecular Hbond substituents is 1. The smallest absolute Gasteiger partial charge is 0.312 e. The SMILES string of the molecule is CC(=O)c1cccc(NS(=O)(=O)c2ccc(O)c([N+](=O)[O-])c2)c1. The third kappa shape index (κ3) is 3.64. The van der Waals surface area contributed by atoms with Gasteiger partial charge in [0.1, 0.15) is 0 Å². The molecule has 0 spiro atoms. The molecule has 0 unspecified atom stereocenters. The van der Waals surface area contributed by atoms with Gasteiger partial charge in [0, 0.05) is 17.3 Å². The Morgan fingerprint density at radius 3 is 2.52 bits per heavy atom. The Labute approximate surface area is 131 Å². The van der Waals surface area contributed by atoms with Crippen LogP contribution in [0.3, 0.4) is 0 Å². The number of carbonyl (C=O) groups is 1. The van der Waals surface area contributed by atoms with Gasteiger partial charge in [-0.3, -0.25) is 19.6 Å². The third-order valence-electron chi connectivity index (χ3n) is 2.98. The number of nitrogens with one attached hydrogen (secondary N) is 1. The molecular weight excluding hydrogens is 324 g/mol. The second kappa shape index (κ2) is 6.05. The maximum absolute atomic E-state index is 12.3. The number of carbonyl (C=O) groups excluding carboxylic acids is 1. The Balaban J connectivity index is 2.40. The van der Waals surface area contributed by atoms with E-state index < -0.39 is 26.4 Å². The van der Waals surface area contributed by atoms with Gasteiger partial charge < -0.3 is 5.11 Å². The number of ketones is 1. The highest BCUT2D eigenvalue weighted by Gasteiger charge is 2.21. The van der Waals surface area contributed by atoms with Crippen LogP contribution in [0.25, 0.3) is 0 Å². The summed E-state index contributed by atoms with van der Waals surface area (Å²) < 4.78 is 26.8. The summed E-state index contributed by atoms with van der Waals surface area (Å²) >= 11 is 0. The third-order valence-corrected chi connectivity index (χ3v) is 4.35. The number of hydrogen-bond acceptors (Lipinski definition) is 6. The van der Waals surface area contributed by atoms with Gasteiger partial charge in [-0.05, 0) is 31.2 Å². The molecule has 2 aromatic rings. The molecule has 2 N–H and O–H groups in total. The average molecular weight is 336 g/mol. The summed E-state index contributed by atoms with van der Waals surface area (Å²) in [5.74, 6) is -0.862. The molecule has 23 heavy (non-hydrogen) atoms. The van der Waals surface area contributed by atoms with Gasteiger partial charge in [-0.1, -0.05) is 12.1 Å². The minimum absolute atomic E-state index is 0.147. The van der Waals surface area contributed by atoms with E-state index in [0.717, 1.165) is 18.2 Å². The summed E-state index contributed by atoms with van der Waals surface area (Å²) in [4.78, 5) is 20.8. The average Bonchev–Trinajstić information content (AvgIpc) is 2.46. The fraction of sp³-hybridized carbons (Fsp3) is 0.0714. The van der Waals surface area contributed by atoms with E-state index in [-0.39, 0.29) is 16.4 Å². The van der Waals surface area contributed by atoms with Crippen molar-refractivity contribution in [3.63, 3.8) is 0 Å². The molecule has 0 saturated carbocycles. The Bertz CT molecular complexity index is 892. The van der Waals surface area contributed by atoms with Gasteiger partial charge in [-0.15, -0.1) is 0 Å². The normalized spacial score (nSPS) is 11.0. The van der Waals surface area contributed by atoms with Crippen molar-refractivity contribution < 1.29 is 23.2 Å². The van der Waals surface area contributed by atoms with Crippen LogP contribution in [0.1, 0.15) is 17.3 Å². The van der Waals surface area contributed by atoms with Crippen LogP contribution in [0.5, 0.6) is 5.75 Å². The molecule has 0 bridgehead atoms. The highest BCUT2D eigenvalue weighted by molar-refractivity contribution is 7.92. The molecule has 0 aliphatic heterocycles. The van der Waals surface area contributed by atoms with E-state index in [4.69, 9.17) is 0 Å². The lowest BCUT2D eigenvalue weighted by Crippen LogP contribution is -2.13. The van der Waals surface area contributed by atoms with Crippen LogP contribution < -0.4 is 4.72 Å². The maximum atomic E-state index is 12.3. The van der Waals surface area contributed by atoms with Gasteiger partial charge in [-0.2, -0.15) is 0 Å². The van der Waals surface area contributed by atoms with Crippen molar-refractivity contribution in [1.82, 2.24) is 0 Å². The fourth-order valence-electron chi connectivity index (χ4n) is 1.83. The van der Waals surface area contributed by atoms with Crippen LogP contribution in [0.15, 0.2) is 47.4 Å². The number of benzene rings is 2. The summed E-state index contributed by atoms with van der Waals surface area (Å²) in [6.07, 6.45) is 0. The topological polar surface area (TPSA) is 127 Å². The second-order valence-electron chi connectivity index (χ2n) is 4.65. The first-order valence-electron chi connectivity index (χ1n) is 6.32. The molecule has 0 fully saturated rings. The van der Waals surface area contributed by atoms with E-state index in [1.807, 2.05) is 0 Å². The van der Waals surface area contributed by atoms with Gasteiger partial charge >= 0.3 is 5.69 Å². The zero-order valence-corrected chi connectivity index (χ0v) is 12.7. The largest absolute Gasteiger partial charge is 0.502 e. The van der Waals surface area contributed by atoms with E-state index in [9.17, 15) is 28.4 Å². The lowest BCUT2D eigenvalue weighted by Gasteiger charge is -2.09. The minimum atomic E-state index is -4.11. The van der Waals surface area contributed by atoms with Crippen molar-refractivity contribution in [3.05, 3.63) is 58.1 Å². The van der Waals surface area contributed by atoms with Gasteiger partial charge in [0.25, 0.3) is 10.0 Å². The molecule has 9 heteroatoms. The molecule has 0 aliphatic carbocycles. The first-order chi connectivity index (χ1) is 10.7. The Morgan fingerprint density at radius 1 is 1.22 bits per heavy atom. The minimum Gasteiger partial charge on any atom is -0.502 e. The molecule has 0 heterocycles. The Kier molecular flexibility index (Phi) is 4.32. The summed E-state index contributed by atoms with van der Waals surface area (Å²) in [6, 6.07) is 8.57. The van der Waals surface area contributed by atoms with Crippen LogP contribution in [0.2, 0.25) is 0 Å². The zero-order chi connectivity index (χ0) is 17.2. The van der Waals surface area contributed by atoms with E-state index >= 15 is 0 Å². The molecule has 0 aromatic heterocycles. The molecule has 2 rings (SSSR count). The number of anilines is 1. The number of rotatable bonds is 5. The zero-order valence-electron chi connectivity index (χ0n) is 11.9. The van der Waals surface area contributed by atoms with Crippen molar-refractivity contribution in [2.45, 2.75) is 11.8 Å². The molecule has 120 valence electrons. The molecular formula is C14H12N2O6S. The maximum Gasteiger partial charge on any atom is 0.312 e. The monoisotopic (exact) mass is 336 g/mol. The second-order valence-corrected chi connectivity index (χ2v) is 6.33. The predicted molar refractivity (Wildman–Crippen MR) is 82.0 cm³/mol. The number of sulfonamides is 1. The summed E-state index contributed by atoms with van der Waals surface area (Å²) in [6.45, 7) is 1.34. The standard InChI is InChI=1S/C14H12N2O6S/c1-9(17)10-3-2-4-11(7-10)15-23(21,22)12-5-6-14(18)13(8-12)16(19)20/h2-8,15,18H,1H3. The molecule has 0 amide bonds. The lowest BCUT2D eigenvalue weighted by atomic mass is 10.1. The van der Waals surface area contributed by atoms with E-state index in [1.165, 1.54) is 31.2 Å². The molecule has 0 saturated heterocycles.